The molecule has 0 saturated heterocycles. The number of ether oxygens (including phenoxy) is 2. The lowest BCUT2D eigenvalue weighted by Gasteiger charge is -2.09. The molecule has 0 unspecified atom stereocenters. The van der Waals surface area contributed by atoms with E-state index in [0.717, 1.165) is 33.6 Å². The highest BCUT2D eigenvalue weighted by Gasteiger charge is 2.18. The molecule has 164 valence electrons. The Morgan fingerprint density at radius 1 is 1.09 bits per heavy atom. The summed E-state index contributed by atoms with van der Waals surface area (Å²) >= 11 is 1.11. The Balaban J connectivity index is 1.45. The SMILES string of the molecule is CCOC(=O)c1sc(NC(=O)Cn2ccc3c(OCc4ccccc4)cccc32)nc1C. The third-order valence-electron chi connectivity index (χ3n) is 4.83. The molecule has 8 heteroatoms. The number of rotatable bonds is 8. The van der Waals surface area contributed by atoms with Crippen molar-refractivity contribution in [3.63, 3.8) is 0 Å². The van der Waals surface area contributed by atoms with Gasteiger partial charge < -0.3 is 19.4 Å². The van der Waals surface area contributed by atoms with Gasteiger partial charge in [-0.1, -0.05) is 47.7 Å². The number of hydrogen-bond acceptors (Lipinski definition) is 6. The van der Waals surface area contributed by atoms with Crippen molar-refractivity contribution >= 4 is 39.2 Å². The Hall–Kier alpha value is -3.65. The summed E-state index contributed by atoms with van der Waals surface area (Å²) in [4.78, 5) is 29.3. The monoisotopic (exact) mass is 449 g/mol. The average Bonchev–Trinajstić information content (AvgIpc) is 3.36. The number of nitrogens with zero attached hydrogens (tertiary/aromatic N) is 2. The van der Waals surface area contributed by atoms with Gasteiger partial charge in [0.25, 0.3) is 0 Å². The molecule has 0 atom stereocenters. The highest BCUT2D eigenvalue weighted by molar-refractivity contribution is 7.17. The average molecular weight is 450 g/mol. The van der Waals surface area contributed by atoms with Gasteiger partial charge in [0.2, 0.25) is 5.91 Å². The van der Waals surface area contributed by atoms with E-state index in [1.165, 1.54) is 0 Å². The third kappa shape index (κ3) is 4.81. The number of hydrogen-bond donors (Lipinski definition) is 1. The number of benzene rings is 2. The number of nitrogens with one attached hydrogen (secondary N) is 1. The quantitative estimate of drug-likeness (QED) is 0.391. The summed E-state index contributed by atoms with van der Waals surface area (Å²) in [5.41, 5.74) is 2.52. The smallest absolute Gasteiger partial charge is 0.350 e. The molecule has 0 fully saturated rings. The fourth-order valence-corrected chi connectivity index (χ4v) is 4.22. The molecule has 4 rings (SSSR count). The molecule has 0 aliphatic carbocycles. The second-order valence-electron chi connectivity index (χ2n) is 7.11. The number of amides is 1. The number of carbonyl (C=O) groups is 2. The summed E-state index contributed by atoms with van der Waals surface area (Å²) in [7, 11) is 0. The normalized spacial score (nSPS) is 10.8. The zero-order valence-corrected chi connectivity index (χ0v) is 18.6. The minimum Gasteiger partial charge on any atom is -0.488 e. The molecule has 0 bridgehead atoms. The van der Waals surface area contributed by atoms with Crippen molar-refractivity contribution in [1.82, 2.24) is 9.55 Å². The van der Waals surface area contributed by atoms with Gasteiger partial charge in [0.05, 0.1) is 17.8 Å². The van der Waals surface area contributed by atoms with Crippen LogP contribution in [0.2, 0.25) is 0 Å². The van der Waals surface area contributed by atoms with E-state index in [4.69, 9.17) is 9.47 Å². The van der Waals surface area contributed by atoms with Gasteiger partial charge in [-0.15, -0.1) is 0 Å². The second-order valence-corrected chi connectivity index (χ2v) is 8.11. The first-order valence-corrected chi connectivity index (χ1v) is 11.1. The molecule has 0 saturated carbocycles. The van der Waals surface area contributed by atoms with Crippen LogP contribution in [0.4, 0.5) is 5.13 Å². The standard InChI is InChI=1S/C24H23N3O4S/c1-3-30-23(29)22-16(2)25-24(32-22)26-21(28)14-27-13-12-18-19(27)10-7-11-20(18)31-15-17-8-5-4-6-9-17/h4-13H,3,14-15H2,1-2H3,(H,25,26,28). The number of aromatic nitrogens is 2. The van der Waals surface area contributed by atoms with Crippen LogP contribution in [0.1, 0.15) is 27.9 Å². The predicted molar refractivity (Wildman–Crippen MR) is 124 cm³/mol. The molecule has 0 aliphatic heterocycles. The second kappa shape index (κ2) is 9.65. The Morgan fingerprint density at radius 2 is 1.91 bits per heavy atom. The van der Waals surface area contributed by atoms with Crippen molar-refractivity contribution in [2.45, 2.75) is 27.0 Å². The zero-order chi connectivity index (χ0) is 22.5. The molecule has 1 N–H and O–H groups in total. The molecule has 7 nitrogen and oxygen atoms in total. The number of aryl methyl sites for hydroxylation is 1. The molecular formula is C24H23N3O4S. The van der Waals surface area contributed by atoms with E-state index in [2.05, 4.69) is 10.3 Å². The number of anilines is 1. The zero-order valence-electron chi connectivity index (χ0n) is 17.8. The molecule has 2 aromatic carbocycles. The summed E-state index contributed by atoms with van der Waals surface area (Å²) in [6.07, 6.45) is 1.86. The van der Waals surface area contributed by atoms with Crippen LogP contribution in [0.25, 0.3) is 10.9 Å². The van der Waals surface area contributed by atoms with Crippen molar-refractivity contribution in [3.05, 3.63) is 76.9 Å². The van der Waals surface area contributed by atoms with Crippen LogP contribution in [-0.2, 0) is 22.7 Å². The molecule has 0 spiro atoms. The van der Waals surface area contributed by atoms with Crippen LogP contribution in [0.5, 0.6) is 5.75 Å². The summed E-state index contributed by atoms with van der Waals surface area (Å²) in [6.45, 7) is 4.33. The van der Waals surface area contributed by atoms with Gasteiger partial charge in [-0.25, -0.2) is 9.78 Å². The summed E-state index contributed by atoms with van der Waals surface area (Å²) in [6, 6.07) is 17.7. The summed E-state index contributed by atoms with van der Waals surface area (Å²) in [5, 5.41) is 4.08. The lowest BCUT2D eigenvalue weighted by molar-refractivity contribution is -0.116. The first-order valence-electron chi connectivity index (χ1n) is 10.2. The molecule has 32 heavy (non-hydrogen) atoms. The van der Waals surface area contributed by atoms with Gasteiger partial charge in [-0.05, 0) is 37.6 Å². The molecule has 2 aromatic heterocycles. The molecule has 0 aliphatic rings. The Kier molecular flexibility index (Phi) is 6.51. The largest absolute Gasteiger partial charge is 0.488 e. The highest BCUT2D eigenvalue weighted by atomic mass is 32.1. The summed E-state index contributed by atoms with van der Waals surface area (Å²) in [5.74, 6) is 0.102. The van der Waals surface area contributed by atoms with Crippen molar-refractivity contribution in [2.24, 2.45) is 0 Å². The minimum atomic E-state index is -0.428. The van der Waals surface area contributed by atoms with Gasteiger partial charge in [-0.2, -0.15) is 0 Å². The van der Waals surface area contributed by atoms with Crippen LogP contribution in [-0.4, -0.2) is 28.0 Å². The Morgan fingerprint density at radius 3 is 2.69 bits per heavy atom. The lowest BCUT2D eigenvalue weighted by Crippen LogP contribution is -2.18. The van der Waals surface area contributed by atoms with Crippen molar-refractivity contribution in [2.75, 3.05) is 11.9 Å². The Labute approximate surface area is 189 Å². The van der Waals surface area contributed by atoms with Crippen molar-refractivity contribution in [1.29, 1.82) is 0 Å². The fourth-order valence-electron chi connectivity index (χ4n) is 3.34. The van der Waals surface area contributed by atoms with Gasteiger partial charge in [0.1, 0.15) is 23.8 Å². The number of thiazole rings is 1. The van der Waals surface area contributed by atoms with Crippen molar-refractivity contribution in [3.8, 4) is 5.75 Å². The van der Waals surface area contributed by atoms with Gasteiger partial charge in [-0.3, -0.25) is 4.79 Å². The number of esters is 1. The van der Waals surface area contributed by atoms with E-state index in [1.54, 1.807) is 13.8 Å². The molecular weight excluding hydrogens is 426 g/mol. The van der Waals surface area contributed by atoms with E-state index >= 15 is 0 Å². The van der Waals surface area contributed by atoms with Crippen molar-refractivity contribution < 1.29 is 19.1 Å². The maximum atomic E-state index is 12.6. The number of carbonyl (C=O) groups excluding carboxylic acids is 2. The van der Waals surface area contributed by atoms with E-state index in [9.17, 15) is 9.59 Å². The van der Waals surface area contributed by atoms with Crippen LogP contribution < -0.4 is 10.1 Å². The maximum absolute atomic E-state index is 12.6. The van der Waals surface area contributed by atoms with E-state index in [-0.39, 0.29) is 19.1 Å². The van der Waals surface area contributed by atoms with Gasteiger partial charge >= 0.3 is 5.97 Å². The summed E-state index contributed by atoms with van der Waals surface area (Å²) < 4.78 is 12.9. The topological polar surface area (TPSA) is 82.5 Å². The van der Waals surface area contributed by atoms with Crippen LogP contribution in [0, 0.1) is 6.92 Å². The first-order chi connectivity index (χ1) is 15.5. The van der Waals surface area contributed by atoms with E-state index in [1.807, 2.05) is 65.4 Å². The van der Waals surface area contributed by atoms with E-state index in [0.29, 0.717) is 22.3 Å². The van der Waals surface area contributed by atoms with Crippen LogP contribution in [0.15, 0.2) is 60.8 Å². The van der Waals surface area contributed by atoms with Crippen LogP contribution in [0.3, 0.4) is 0 Å². The highest BCUT2D eigenvalue weighted by Crippen LogP contribution is 2.28. The lowest BCUT2D eigenvalue weighted by atomic mass is 10.2. The third-order valence-corrected chi connectivity index (χ3v) is 5.88. The van der Waals surface area contributed by atoms with Crippen LogP contribution >= 0.6 is 11.3 Å². The molecule has 0 radical (unpaired) electrons. The maximum Gasteiger partial charge on any atom is 0.350 e. The Bertz CT molecular complexity index is 1250. The minimum absolute atomic E-state index is 0.110. The first kappa shape index (κ1) is 21.6. The van der Waals surface area contributed by atoms with E-state index < -0.39 is 5.97 Å². The number of fused-ring (bicyclic) bond motifs is 1. The van der Waals surface area contributed by atoms with Gasteiger partial charge in [0.15, 0.2) is 5.13 Å². The molecule has 1 amide bonds. The molecule has 4 aromatic rings. The van der Waals surface area contributed by atoms with Gasteiger partial charge in [0, 0.05) is 11.6 Å². The predicted octanol–water partition coefficient (Wildman–Crippen LogP) is 4.80. The molecule has 2 heterocycles. The fraction of sp³-hybridized carbons (Fsp3) is 0.208.